The molecule has 0 spiro atoms. The van der Waals surface area contributed by atoms with Crippen LogP contribution in [0, 0.1) is 0 Å². The van der Waals surface area contributed by atoms with Crippen LogP contribution in [0.4, 0.5) is 11.5 Å². The van der Waals surface area contributed by atoms with Gasteiger partial charge in [0.2, 0.25) is 0 Å². The van der Waals surface area contributed by atoms with Gasteiger partial charge in [0.25, 0.3) is 0 Å². The maximum absolute atomic E-state index is 6.13. The number of hydrogen-bond donors (Lipinski definition) is 1. The average molecular weight is 377 g/mol. The van der Waals surface area contributed by atoms with E-state index >= 15 is 0 Å². The summed E-state index contributed by atoms with van der Waals surface area (Å²) in [5, 5.41) is 3.90. The van der Waals surface area contributed by atoms with Crippen molar-refractivity contribution < 1.29 is 9.47 Å². The Morgan fingerprint density at radius 2 is 1.80 bits per heavy atom. The number of anilines is 2. The highest BCUT2D eigenvalue weighted by Crippen LogP contribution is 2.37. The smallest absolute Gasteiger partial charge is 0.164 e. The van der Waals surface area contributed by atoms with Crippen molar-refractivity contribution in [3.8, 4) is 22.9 Å². The van der Waals surface area contributed by atoms with Gasteiger partial charge >= 0.3 is 0 Å². The number of nitrogens with one attached hydrogen (secondary N) is 1. The molecule has 6 nitrogen and oxygen atoms in total. The number of halogens is 2. The fraction of sp³-hybridized carbons (Fsp3) is 0.118. The summed E-state index contributed by atoms with van der Waals surface area (Å²) in [7, 11) is 3.09. The van der Waals surface area contributed by atoms with E-state index in [9.17, 15) is 0 Å². The predicted octanol–water partition coefficient (Wildman–Crippen LogP) is 4.61. The third kappa shape index (κ3) is 3.92. The fourth-order valence-corrected chi connectivity index (χ4v) is 2.62. The maximum atomic E-state index is 6.13. The number of aromatic nitrogens is 3. The molecule has 2 aromatic heterocycles. The molecule has 0 saturated heterocycles. The minimum atomic E-state index is 0.302. The molecule has 2 heterocycles. The number of benzene rings is 1. The molecule has 0 amide bonds. The minimum absolute atomic E-state index is 0.302. The summed E-state index contributed by atoms with van der Waals surface area (Å²) in [6.07, 6.45) is 3.35. The first-order valence-electron chi connectivity index (χ1n) is 7.24. The summed E-state index contributed by atoms with van der Waals surface area (Å²) in [5.74, 6) is 2.02. The summed E-state index contributed by atoms with van der Waals surface area (Å²) in [6.45, 7) is 0. The highest BCUT2D eigenvalue weighted by molar-refractivity contribution is 6.32. The number of nitrogens with zero attached hydrogens (tertiary/aromatic N) is 3. The normalized spacial score (nSPS) is 10.4. The van der Waals surface area contributed by atoms with E-state index in [4.69, 9.17) is 32.7 Å². The zero-order chi connectivity index (χ0) is 17.8. The maximum Gasteiger partial charge on any atom is 0.164 e. The van der Waals surface area contributed by atoms with E-state index in [0.29, 0.717) is 39.0 Å². The molecule has 3 aromatic rings. The van der Waals surface area contributed by atoms with Crippen LogP contribution in [0.1, 0.15) is 0 Å². The van der Waals surface area contributed by atoms with Crippen molar-refractivity contribution in [3.63, 3.8) is 0 Å². The van der Waals surface area contributed by atoms with Crippen LogP contribution in [0.25, 0.3) is 11.4 Å². The Hall–Kier alpha value is -2.57. The Morgan fingerprint density at radius 3 is 2.48 bits per heavy atom. The van der Waals surface area contributed by atoms with Gasteiger partial charge < -0.3 is 14.8 Å². The molecule has 0 radical (unpaired) electrons. The van der Waals surface area contributed by atoms with E-state index in [1.807, 2.05) is 6.07 Å². The van der Waals surface area contributed by atoms with E-state index in [1.54, 1.807) is 50.9 Å². The average Bonchev–Trinajstić information content (AvgIpc) is 2.63. The molecule has 0 bridgehead atoms. The van der Waals surface area contributed by atoms with Crippen molar-refractivity contribution in [2.24, 2.45) is 0 Å². The number of pyridine rings is 1. The van der Waals surface area contributed by atoms with Crippen LogP contribution >= 0.6 is 23.2 Å². The topological polar surface area (TPSA) is 69.2 Å². The molecule has 0 aliphatic carbocycles. The van der Waals surface area contributed by atoms with E-state index in [0.717, 1.165) is 5.56 Å². The van der Waals surface area contributed by atoms with E-state index in [-0.39, 0.29) is 0 Å². The van der Waals surface area contributed by atoms with E-state index in [1.165, 1.54) is 0 Å². The highest BCUT2D eigenvalue weighted by Gasteiger charge is 2.12. The summed E-state index contributed by atoms with van der Waals surface area (Å²) >= 11 is 12.3. The monoisotopic (exact) mass is 376 g/mol. The Balaban J connectivity index is 2.00. The molecular weight excluding hydrogens is 363 g/mol. The van der Waals surface area contributed by atoms with Crippen LogP contribution in [0.2, 0.25) is 10.2 Å². The first-order chi connectivity index (χ1) is 12.1. The molecule has 1 N–H and O–H groups in total. The van der Waals surface area contributed by atoms with Gasteiger partial charge in [-0.1, -0.05) is 23.2 Å². The van der Waals surface area contributed by atoms with Gasteiger partial charge in [0.05, 0.1) is 24.9 Å². The Morgan fingerprint density at radius 1 is 1.00 bits per heavy atom. The van der Waals surface area contributed by atoms with E-state index in [2.05, 4.69) is 20.3 Å². The van der Waals surface area contributed by atoms with Crippen LogP contribution in [0.15, 0.2) is 42.7 Å². The van der Waals surface area contributed by atoms with Gasteiger partial charge in [-0.05, 0) is 12.1 Å². The third-order valence-electron chi connectivity index (χ3n) is 3.35. The predicted molar refractivity (Wildman–Crippen MR) is 98.1 cm³/mol. The van der Waals surface area contributed by atoms with Gasteiger partial charge in [0.15, 0.2) is 5.82 Å². The van der Waals surface area contributed by atoms with Gasteiger partial charge in [-0.2, -0.15) is 0 Å². The first kappa shape index (κ1) is 17.3. The number of ether oxygens (including phenoxy) is 2. The molecular formula is C17H14Cl2N4O2. The second-order valence-electron chi connectivity index (χ2n) is 4.95. The summed E-state index contributed by atoms with van der Waals surface area (Å²) < 4.78 is 10.6. The van der Waals surface area contributed by atoms with Gasteiger partial charge in [0.1, 0.15) is 22.5 Å². The summed E-state index contributed by atoms with van der Waals surface area (Å²) in [4.78, 5) is 12.8. The number of rotatable bonds is 5. The molecule has 0 unspecified atom stereocenters. The van der Waals surface area contributed by atoms with Crippen LogP contribution in [-0.2, 0) is 0 Å². The van der Waals surface area contributed by atoms with Crippen molar-refractivity contribution in [3.05, 3.63) is 52.9 Å². The minimum Gasteiger partial charge on any atom is -0.495 e. The van der Waals surface area contributed by atoms with Crippen molar-refractivity contribution in [1.29, 1.82) is 0 Å². The molecule has 3 rings (SSSR count). The molecule has 0 saturated carbocycles. The summed E-state index contributed by atoms with van der Waals surface area (Å²) in [6, 6.07) is 8.66. The third-order valence-corrected chi connectivity index (χ3v) is 3.84. The van der Waals surface area contributed by atoms with Gasteiger partial charge in [-0.25, -0.2) is 9.97 Å². The van der Waals surface area contributed by atoms with Gasteiger partial charge in [-0.3, -0.25) is 4.98 Å². The Bertz CT molecular complexity index is 891. The molecule has 25 heavy (non-hydrogen) atoms. The Labute approximate surface area is 154 Å². The molecule has 0 aliphatic heterocycles. The number of hydrogen-bond acceptors (Lipinski definition) is 6. The zero-order valence-electron chi connectivity index (χ0n) is 13.5. The summed E-state index contributed by atoms with van der Waals surface area (Å²) in [5.41, 5.74) is 1.39. The quantitative estimate of drug-likeness (QED) is 0.655. The van der Waals surface area contributed by atoms with Crippen LogP contribution in [0.3, 0.4) is 0 Å². The lowest BCUT2D eigenvalue weighted by Crippen LogP contribution is -2.00. The lowest BCUT2D eigenvalue weighted by molar-refractivity contribution is 0.405. The van der Waals surface area contributed by atoms with Crippen LogP contribution in [0.5, 0.6) is 11.5 Å². The van der Waals surface area contributed by atoms with E-state index < -0.39 is 0 Å². The molecule has 0 atom stereocenters. The largest absolute Gasteiger partial charge is 0.495 e. The molecule has 128 valence electrons. The second kappa shape index (κ2) is 7.55. The first-order valence-corrected chi connectivity index (χ1v) is 8.00. The second-order valence-corrected chi connectivity index (χ2v) is 5.75. The molecule has 8 heteroatoms. The lowest BCUT2D eigenvalue weighted by atomic mass is 10.2. The molecule has 1 aromatic carbocycles. The lowest BCUT2D eigenvalue weighted by Gasteiger charge is -2.14. The van der Waals surface area contributed by atoms with Crippen molar-refractivity contribution in [2.45, 2.75) is 0 Å². The van der Waals surface area contributed by atoms with Crippen LogP contribution < -0.4 is 14.8 Å². The Kier molecular flexibility index (Phi) is 5.21. The molecule has 0 fully saturated rings. The standard InChI is InChI=1S/C17H14Cl2N4O2/c1-24-13-7-12(14(25-2)6-11(13)18)21-16-8-15(19)22-17(23-16)10-4-3-5-20-9-10/h3-9H,1-2H3,(H,21,22,23). The fourth-order valence-electron chi connectivity index (χ4n) is 2.20. The highest BCUT2D eigenvalue weighted by atomic mass is 35.5. The van der Waals surface area contributed by atoms with Crippen molar-refractivity contribution >= 4 is 34.7 Å². The van der Waals surface area contributed by atoms with Gasteiger partial charge in [0, 0.05) is 36.2 Å². The van der Waals surface area contributed by atoms with Crippen LogP contribution in [-0.4, -0.2) is 29.2 Å². The zero-order valence-corrected chi connectivity index (χ0v) is 15.0. The number of methoxy groups -OCH3 is 2. The van der Waals surface area contributed by atoms with Crippen molar-refractivity contribution in [2.75, 3.05) is 19.5 Å². The van der Waals surface area contributed by atoms with Gasteiger partial charge in [-0.15, -0.1) is 0 Å². The van der Waals surface area contributed by atoms with Crippen molar-refractivity contribution in [1.82, 2.24) is 15.0 Å². The SMILES string of the molecule is COc1cc(Nc2cc(Cl)nc(-c3cccnc3)n2)c(OC)cc1Cl. The molecule has 0 aliphatic rings.